The van der Waals surface area contributed by atoms with Crippen LogP contribution in [0.3, 0.4) is 0 Å². The van der Waals surface area contributed by atoms with Crippen LogP contribution in [0.25, 0.3) is 0 Å². The number of amides is 2. The zero-order valence-electron chi connectivity index (χ0n) is 12.6. The second-order valence-electron chi connectivity index (χ2n) is 5.53. The molecule has 0 radical (unpaired) electrons. The van der Waals surface area contributed by atoms with E-state index in [0.29, 0.717) is 13.1 Å². The molecule has 0 saturated heterocycles. The predicted molar refractivity (Wildman–Crippen MR) is 82.2 cm³/mol. The Morgan fingerprint density at radius 1 is 1.40 bits per heavy atom. The molecule has 0 aromatic carbocycles. The van der Waals surface area contributed by atoms with Gasteiger partial charge in [-0.25, -0.2) is 4.79 Å². The molecule has 1 unspecified atom stereocenters. The van der Waals surface area contributed by atoms with Crippen LogP contribution in [0.1, 0.15) is 39.5 Å². The molecule has 116 valence electrons. The third-order valence-electron chi connectivity index (χ3n) is 4.09. The van der Waals surface area contributed by atoms with E-state index in [0.717, 1.165) is 12.8 Å². The minimum atomic E-state index is -0.868. The molecule has 1 aliphatic rings. The van der Waals surface area contributed by atoms with Crippen LogP contribution < -0.4 is 5.32 Å². The number of nitrogens with zero attached hydrogens (tertiary/aromatic N) is 1. The Labute approximate surface area is 125 Å². The molecule has 1 saturated carbocycles. The maximum Gasteiger partial charge on any atom is 0.317 e. The molecule has 0 aromatic rings. The first-order valence-corrected chi connectivity index (χ1v) is 8.47. The van der Waals surface area contributed by atoms with Crippen LogP contribution in [-0.2, 0) is 4.79 Å². The Morgan fingerprint density at radius 3 is 2.45 bits per heavy atom. The number of aliphatic carboxylic acids is 1. The van der Waals surface area contributed by atoms with E-state index in [9.17, 15) is 9.59 Å². The third-order valence-corrected chi connectivity index (χ3v) is 5.51. The summed E-state index contributed by atoms with van der Waals surface area (Å²) < 4.78 is 0.174. The molecule has 1 aliphatic carbocycles. The molecule has 1 atom stereocenters. The van der Waals surface area contributed by atoms with Crippen molar-refractivity contribution in [2.45, 2.75) is 44.3 Å². The molecular weight excluding hydrogens is 276 g/mol. The van der Waals surface area contributed by atoms with Crippen molar-refractivity contribution in [1.29, 1.82) is 0 Å². The second-order valence-corrected chi connectivity index (χ2v) is 6.81. The van der Waals surface area contributed by atoms with Gasteiger partial charge in [-0.05, 0) is 26.0 Å². The van der Waals surface area contributed by atoms with Gasteiger partial charge < -0.3 is 15.3 Å². The van der Waals surface area contributed by atoms with Crippen LogP contribution >= 0.6 is 11.8 Å². The molecule has 1 rings (SSSR count). The van der Waals surface area contributed by atoms with Gasteiger partial charge in [0.05, 0.1) is 5.92 Å². The van der Waals surface area contributed by atoms with Crippen molar-refractivity contribution in [3.05, 3.63) is 0 Å². The zero-order chi connectivity index (χ0) is 15.2. The number of thioether (sulfide) groups is 1. The van der Waals surface area contributed by atoms with Crippen LogP contribution in [0.5, 0.6) is 0 Å². The summed E-state index contributed by atoms with van der Waals surface area (Å²) in [6.07, 6.45) is 6.84. The topological polar surface area (TPSA) is 69.6 Å². The van der Waals surface area contributed by atoms with Gasteiger partial charge in [0.15, 0.2) is 0 Å². The number of nitrogens with one attached hydrogen (secondary N) is 1. The smallest absolute Gasteiger partial charge is 0.317 e. The second kappa shape index (κ2) is 7.76. The maximum atomic E-state index is 12.2. The summed E-state index contributed by atoms with van der Waals surface area (Å²) in [6.45, 7) is 4.94. The van der Waals surface area contributed by atoms with Crippen LogP contribution in [0.2, 0.25) is 0 Å². The van der Waals surface area contributed by atoms with Gasteiger partial charge in [0, 0.05) is 24.4 Å². The average molecular weight is 302 g/mol. The van der Waals surface area contributed by atoms with Crippen molar-refractivity contribution >= 4 is 23.8 Å². The number of carboxylic acid groups (broad SMARTS) is 1. The normalized spacial score (nSPS) is 18.6. The van der Waals surface area contributed by atoms with Crippen LogP contribution in [0.15, 0.2) is 0 Å². The fourth-order valence-electron chi connectivity index (χ4n) is 2.59. The Morgan fingerprint density at radius 2 is 2.00 bits per heavy atom. The summed E-state index contributed by atoms with van der Waals surface area (Å²) in [7, 11) is 0. The number of carbonyl (C=O) groups is 2. The summed E-state index contributed by atoms with van der Waals surface area (Å²) in [5, 5.41) is 11.9. The first-order chi connectivity index (χ1) is 9.44. The van der Waals surface area contributed by atoms with E-state index in [1.807, 2.05) is 18.7 Å². The molecule has 0 spiro atoms. The van der Waals surface area contributed by atoms with Crippen molar-refractivity contribution in [2.24, 2.45) is 5.92 Å². The predicted octanol–water partition coefficient (Wildman–Crippen LogP) is 2.41. The molecular formula is C14H26N2O3S. The van der Waals surface area contributed by atoms with Crippen molar-refractivity contribution in [3.63, 3.8) is 0 Å². The highest BCUT2D eigenvalue weighted by Gasteiger charge is 2.33. The summed E-state index contributed by atoms with van der Waals surface area (Å²) in [4.78, 5) is 24.6. The Bertz CT molecular complexity index is 343. The van der Waals surface area contributed by atoms with E-state index in [1.54, 1.807) is 11.8 Å². The summed E-state index contributed by atoms with van der Waals surface area (Å²) in [6, 6.07) is -0.152. The highest BCUT2D eigenvalue weighted by molar-refractivity contribution is 8.00. The number of rotatable bonds is 7. The molecule has 2 amide bonds. The molecule has 0 heterocycles. The number of carbonyl (C=O) groups excluding carboxylic acids is 1. The maximum absolute atomic E-state index is 12.2. The van der Waals surface area contributed by atoms with Gasteiger partial charge in [-0.15, -0.1) is 0 Å². The standard InChI is InChI=1S/C14H26N2O3S/c1-4-16(9-11(2)12(17)18)13(19)15-10-14(20-3)7-5-6-8-14/h11H,4-10H2,1-3H3,(H,15,19)(H,17,18). The lowest BCUT2D eigenvalue weighted by Crippen LogP contribution is -2.47. The highest BCUT2D eigenvalue weighted by atomic mass is 32.2. The zero-order valence-corrected chi connectivity index (χ0v) is 13.5. The molecule has 2 N–H and O–H groups in total. The Hall–Kier alpha value is -0.910. The summed E-state index contributed by atoms with van der Waals surface area (Å²) >= 11 is 1.83. The van der Waals surface area contributed by atoms with Crippen molar-refractivity contribution in [1.82, 2.24) is 10.2 Å². The van der Waals surface area contributed by atoms with Crippen LogP contribution in [0, 0.1) is 5.92 Å². The van der Waals surface area contributed by atoms with Gasteiger partial charge in [0.1, 0.15) is 0 Å². The van der Waals surface area contributed by atoms with Gasteiger partial charge in [-0.3, -0.25) is 4.79 Å². The lowest BCUT2D eigenvalue weighted by Gasteiger charge is -2.29. The number of hydrogen-bond donors (Lipinski definition) is 2. The average Bonchev–Trinajstić information content (AvgIpc) is 2.91. The molecule has 0 bridgehead atoms. The molecule has 6 heteroatoms. The van der Waals surface area contributed by atoms with E-state index in [2.05, 4.69) is 11.6 Å². The van der Waals surface area contributed by atoms with E-state index < -0.39 is 11.9 Å². The quantitative estimate of drug-likeness (QED) is 0.758. The lowest BCUT2D eigenvalue weighted by molar-refractivity contribution is -0.141. The molecule has 1 fully saturated rings. The van der Waals surface area contributed by atoms with Crippen molar-refractivity contribution in [3.8, 4) is 0 Å². The fraction of sp³-hybridized carbons (Fsp3) is 0.857. The van der Waals surface area contributed by atoms with E-state index in [-0.39, 0.29) is 17.3 Å². The lowest BCUT2D eigenvalue weighted by atomic mass is 10.1. The van der Waals surface area contributed by atoms with Gasteiger partial charge in [-0.2, -0.15) is 11.8 Å². The van der Waals surface area contributed by atoms with E-state index >= 15 is 0 Å². The summed E-state index contributed by atoms with van der Waals surface area (Å²) in [5.74, 6) is -1.41. The monoisotopic (exact) mass is 302 g/mol. The first kappa shape index (κ1) is 17.1. The molecule has 0 aromatic heterocycles. The highest BCUT2D eigenvalue weighted by Crippen LogP contribution is 2.39. The van der Waals surface area contributed by atoms with Crippen LogP contribution in [-0.4, -0.2) is 52.6 Å². The van der Waals surface area contributed by atoms with E-state index in [4.69, 9.17) is 5.11 Å². The minimum Gasteiger partial charge on any atom is -0.481 e. The molecule has 5 nitrogen and oxygen atoms in total. The Kier molecular flexibility index (Phi) is 6.65. The largest absolute Gasteiger partial charge is 0.481 e. The third kappa shape index (κ3) is 4.58. The number of carboxylic acids is 1. The van der Waals surface area contributed by atoms with Gasteiger partial charge in [0.25, 0.3) is 0 Å². The van der Waals surface area contributed by atoms with Crippen LogP contribution in [0.4, 0.5) is 4.79 Å². The van der Waals surface area contributed by atoms with Gasteiger partial charge in [0.2, 0.25) is 0 Å². The Balaban J connectivity index is 2.48. The number of urea groups is 1. The summed E-state index contributed by atoms with van der Waals surface area (Å²) in [5.41, 5.74) is 0. The van der Waals surface area contributed by atoms with Crippen molar-refractivity contribution in [2.75, 3.05) is 25.9 Å². The first-order valence-electron chi connectivity index (χ1n) is 7.25. The fourth-order valence-corrected chi connectivity index (χ4v) is 3.50. The van der Waals surface area contributed by atoms with E-state index in [1.165, 1.54) is 12.8 Å². The minimum absolute atomic E-state index is 0.152. The molecule has 0 aliphatic heterocycles. The van der Waals surface area contributed by atoms with Gasteiger partial charge in [-0.1, -0.05) is 19.8 Å². The number of hydrogen-bond acceptors (Lipinski definition) is 3. The SMILES string of the molecule is CCN(CC(C)C(=O)O)C(=O)NCC1(SC)CCCC1. The van der Waals surface area contributed by atoms with Crippen molar-refractivity contribution < 1.29 is 14.7 Å². The van der Waals surface area contributed by atoms with Gasteiger partial charge >= 0.3 is 12.0 Å². The molecule has 20 heavy (non-hydrogen) atoms.